The van der Waals surface area contributed by atoms with Gasteiger partial charge < -0.3 is 15.2 Å². The van der Waals surface area contributed by atoms with Crippen LogP contribution in [-0.4, -0.2) is 25.2 Å². The second kappa shape index (κ2) is 4.73. The molecule has 0 amide bonds. The van der Waals surface area contributed by atoms with Gasteiger partial charge in [-0.1, -0.05) is 0 Å². The smallest absolute Gasteiger partial charge is 0.341 e. The van der Waals surface area contributed by atoms with Crippen molar-refractivity contribution in [2.24, 2.45) is 0 Å². The molecule has 0 saturated heterocycles. The average molecular weight is 232 g/mol. The molecular formula is C9H10F2N2O3. The molecule has 0 spiro atoms. The van der Waals surface area contributed by atoms with Gasteiger partial charge in [-0.3, -0.25) is 0 Å². The van der Waals surface area contributed by atoms with E-state index in [1.165, 1.54) is 7.11 Å². The molecule has 0 bridgehead atoms. The van der Waals surface area contributed by atoms with Crippen LogP contribution in [0.3, 0.4) is 0 Å². The highest BCUT2D eigenvalue weighted by Gasteiger charge is 2.21. The molecule has 0 atom stereocenters. The van der Waals surface area contributed by atoms with Crippen LogP contribution < -0.4 is 10.5 Å². The Morgan fingerprint density at radius 2 is 2.12 bits per heavy atom. The Kier molecular flexibility index (Phi) is 3.60. The molecule has 0 radical (unpaired) electrons. The zero-order valence-electron chi connectivity index (χ0n) is 8.66. The molecule has 88 valence electrons. The number of alkyl halides is 2. The van der Waals surface area contributed by atoms with Crippen molar-refractivity contribution in [1.82, 2.24) is 4.98 Å². The van der Waals surface area contributed by atoms with Crippen LogP contribution in [0.2, 0.25) is 0 Å². The molecule has 5 nitrogen and oxygen atoms in total. The number of carbonyl (C=O) groups excluding carboxylic acids is 1. The number of anilines is 1. The third-order valence-corrected chi connectivity index (χ3v) is 1.85. The van der Waals surface area contributed by atoms with Crippen LogP contribution in [0.25, 0.3) is 0 Å². The van der Waals surface area contributed by atoms with E-state index in [9.17, 15) is 13.6 Å². The predicted molar refractivity (Wildman–Crippen MR) is 51.5 cm³/mol. The highest BCUT2D eigenvalue weighted by Crippen LogP contribution is 2.29. The summed E-state index contributed by atoms with van der Waals surface area (Å²) in [5.41, 5.74) is 4.61. The van der Waals surface area contributed by atoms with Gasteiger partial charge in [-0.15, -0.1) is 0 Å². The molecule has 1 rings (SSSR count). The van der Waals surface area contributed by atoms with Crippen LogP contribution >= 0.6 is 0 Å². The van der Waals surface area contributed by atoms with E-state index in [0.29, 0.717) is 0 Å². The summed E-state index contributed by atoms with van der Waals surface area (Å²) < 4.78 is 34.1. The predicted octanol–water partition coefficient (Wildman–Crippen LogP) is 1.40. The number of nitrogens with two attached hydrogens (primary N) is 1. The van der Waals surface area contributed by atoms with Crippen molar-refractivity contribution in [3.8, 4) is 5.75 Å². The summed E-state index contributed by atoms with van der Waals surface area (Å²) in [6.07, 6.45) is -2.82. The maximum absolute atomic E-state index is 12.4. The summed E-state index contributed by atoms with van der Waals surface area (Å²) in [5, 5.41) is 0. The number of nitrogens with zero attached hydrogens (tertiary/aromatic N) is 1. The number of methoxy groups -OCH3 is 2. The molecule has 7 heteroatoms. The topological polar surface area (TPSA) is 74.4 Å². The van der Waals surface area contributed by atoms with E-state index in [1.54, 1.807) is 0 Å². The lowest BCUT2D eigenvalue weighted by atomic mass is 10.2. The highest BCUT2D eigenvalue weighted by atomic mass is 19.3. The van der Waals surface area contributed by atoms with Crippen LogP contribution in [-0.2, 0) is 4.74 Å². The van der Waals surface area contributed by atoms with E-state index >= 15 is 0 Å². The highest BCUT2D eigenvalue weighted by molar-refractivity contribution is 5.94. The molecule has 1 heterocycles. The fraction of sp³-hybridized carbons (Fsp3) is 0.333. The summed E-state index contributed by atoms with van der Waals surface area (Å²) in [6.45, 7) is 0. The van der Waals surface area contributed by atoms with E-state index in [4.69, 9.17) is 10.5 Å². The number of ether oxygens (including phenoxy) is 2. The number of carbonyl (C=O) groups is 1. The van der Waals surface area contributed by atoms with Gasteiger partial charge in [-0.25, -0.2) is 18.6 Å². The van der Waals surface area contributed by atoms with E-state index in [0.717, 1.165) is 13.2 Å². The first kappa shape index (κ1) is 12.2. The van der Waals surface area contributed by atoms with Gasteiger partial charge in [0.1, 0.15) is 11.3 Å². The van der Waals surface area contributed by atoms with Crippen LogP contribution in [0.5, 0.6) is 5.75 Å². The molecule has 1 aromatic heterocycles. The van der Waals surface area contributed by atoms with Crippen molar-refractivity contribution >= 4 is 11.8 Å². The van der Waals surface area contributed by atoms with Gasteiger partial charge >= 0.3 is 5.97 Å². The van der Waals surface area contributed by atoms with Gasteiger partial charge in [0.05, 0.1) is 14.2 Å². The average Bonchev–Trinajstić information content (AvgIpc) is 2.26. The first-order valence-electron chi connectivity index (χ1n) is 4.22. The number of nitrogen functional groups attached to an aromatic ring is 1. The first-order valence-corrected chi connectivity index (χ1v) is 4.22. The van der Waals surface area contributed by atoms with Crippen molar-refractivity contribution < 1.29 is 23.0 Å². The third-order valence-electron chi connectivity index (χ3n) is 1.85. The van der Waals surface area contributed by atoms with Crippen molar-refractivity contribution in [1.29, 1.82) is 0 Å². The summed E-state index contributed by atoms with van der Waals surface area (Å²) in [5.74, 6) is -1.16. The molecular weight excluding hydrogens is 222 g/mol. The minimum absolute atomic E-state index is 0.0729. The lowest BCUT2D eigenvalue weighted by molar-refractivity contribution is 0.0596. The van der Waals surface area contributed by atoms with Crippen molar-refractivity contribution in [2.75, 3.05) is 20.0 Å². The Bertz CT molecular complexity index is 410. The maximum atomic E-state index is 12.4. The molecule has 0 aliphatic carbocycles. The van der Waals surface area contributed by atoms with E-state index in [1.807, 2.05) is 0 Å². The Balaban J connectivity index is 3.36. The number of rotatable bonds is 3. The van der Waals surface area contributed by atoms with Gasteiger partial charge in [0.15, 0.2) is 11.6 Å². The molecule has 1 aromatic rings. The number of aromatic nitrogens is 1. The fourth-order valence-electron chi connectivity index (χ4n) is 1.16. The standard InChI is InChI=1S/C9H10F2N2O3/c1-15-6-4(9(14)16-2)3-5(7(10)11)13-8(6)12/h3,7H,1-2H3,(H2,12,13). The zero-order valence-corrected chi connectivity index (χ0v) is 8.66. The van der Waals surface area contributed by atoms with Crippen LogP contribution in [0.4, 0.5) is 14.6 Å². The molecule has 0 saturated carbocycles. The minimum atomic E-state index is -2.82. The quantitative estimate of drug-likeness (QED) is 0.797. The van der Waals surface area contributed by atoms with Gasteiger partial charge in [0, 0.05) is 0 Å². The van der Waals surface area contributed by atoms with Gasteiger partial charge in [0.2, 0.25) is 0 Å². The number of halogens is 2. The maximum Gasteiger partial charge on any atom is 0.341 e. The monoisotopic (exact) mass is 232 g/mol. The summed E-state index contributed by atoms with van der Waals surface area (Å²) in [7, 11) is 2.38. The Morgan fingerprint density at radius 3 is 2.56 bits per heavy atom. The third kappa shape index (κ3) is 2.18. The number of hydrogen-bond acceptors (Lipinski definition) is 5. The second-order valence-corrected chi connectivity index (χ2v) is 2.81. The summed E-state index contributed by atoms with van der Waals surface area (Å²) >= 11 is 0. The van der Waals surface area contributed by atoms with Gasteiger partial charge in [-0.2, -0.15) is 0 Å². The SMILES string of the molecule is COC(=O)c1cc(C(F)F)nc(N)c1OC. The number of esters is 1. The second-order valence-electron chi connectivity index (χ2n) is 2.81. The van der Waals surface area contributed by atoms with E-state index < -0.39 is 18.1 Å². The molecule has 0 fully saturated rings. The molecule has 16 heavy (non-hydrogen) atoms. The number of pyridine rings is 1. The normalized spacial score (nSPS) is 10.3. The van der Waals surface area contributed by atoms with Gasteiger partial charge in [-0.05, 0) is 6.07 Å². The molecule has 0 aliphatic heterocycles. The molecule has 2 N–H and O–H groups in total. The largest absolute Gasteiger partial charge is 0.492 e. The summed E-state index contributed by atoms with van der Waals surface area (Å²) in [6, 6.07) is 0.895. The lowest BCUT2D eigenvalue weighted by Gasteiger charge is -2.10. The van der Waals surface area contributed by atoms with Crippen LogP contribution in [0, 0.1) is 0 Å². The molecule has 0 unspecified atom stereocenters. The first-order chi connectivity index (χ1) is 7.51. The van der Waals surface area contributed by atoms with E-state index in [2.05, 4.69) is 9.72 Å². The zero-order chi connectivity index (χ0) is 12.3. The Morgan fingerprint density at radius 1 is 1.50 bits per heavy atom. The van der Waals surface area contributed by atoms with Crippen molar-refractivity contribution in [2.45, 2.75) is 6.43 Å². The van der Waals surface area contributed by atoms with Crippen LogP contribution in [0.15, 0.2) is 6.07 Å². The fourth-order valence-corrected chi connectivity index (χ4v) is 1.16. The molecule has 0 aliphatic rings. The Labute approximate surface area is 90.2 Å². The Hall–Kier alpha value is -1.92. The van der Waals surface area contributed by atoms with Crippen LogP contribution in [0.1, 0.15) is 22.5 Å². The minimum Gasteiger partial charge on any atom is -0.492 e. The van der Waals surface area contributed by atoms with Crippen molar-refractivity contribution in [3.05, 3.63) is 17.3 Å². The van der Waals surface area contributed by atoms with Gasteiger partial charge in [0.25, 0.3) is 6.43 Å². The lowest BCUT2D eigenvalue weighted by Crippen LogP contribution is -2.09. The van der Waals surface area contributed by atoms with E-state index in [-0.39, 0.29) is 17.1 Å². The molecule has 0 aromatic carbocycles. The van der Waals surface area contributed by atoms with Crippen molar-refractivity contribution in [3.63, 3.8) is 0 Å². The number of hydrogen-bond donors (Lipinski definition) is 1. The summed E-state index contributed by atoms with van der Waals surface area (Å²) in [4.78, 5) is 14.7.